The summed E-state index contributed by atoms with van der Waals surface area (Å²) in [5, 5.41) is 9.10. The summed E-state index contributed by atoms with van der Waals surface area (Å²) in [4.78, 5) is 44.4. The minimum absolute atomic E-state index is 0.185. The molecule has 0 fully saturated rings. The molecule has 1 atom stereocenters. The Morgan fingerprint density at radius 2 is 1.62 bits per heavy atom. The fourth-order valence-corrected chi connectivity index (χ4v) is 6.54. The summed E-state index contributed by atoms with van der Waals surface area (Å²) in [6, 6.07) is 30.7. The van der Waals surface area contributed by atoms with Gasteiger partial charge in [0.15, 0.2) is 4.80 Å². The second kappa shape index (κ2) is 14.1. The number of carboxylic acids is 1. The Hall–Kier alpha value is -5.54. The van der Waals surface area contributed by atoms with Crippen molar-refractivity contribution < 1.29 is 24.2 Å². The number of carbonyl (C=O) groups excluding carboxylic acids is 1. The number of thiazole rings is 1. The van der Waals surface area contributed by atoms with Crippen LogP contribution in [0.3, 0.4) is 0 Å². The van der Waals surface area contributed by atoms with Crippen molar-refractivity contribution in [3.8, 4) is 5.75 Å². The first-order valence-electron chi connectivity index (χ1n) is 15.7. The summed E-state index contributed by atoms with van der Waals surface area (Å²) in [7, 11) is 0. The zero-order chi connectivity index (χ0) is 33.8. The van der Waals surface area contributed by atoms with Crippen molar-refractivity contribution in [2.24, 2.45) is 4.99 Å². The van der Waals surface area contributed by atoms with Crippen LogP contribution in [0.1, 0.15) is 70.9 Å². The number of aromatic carboxylic acids is 1. The zero-order valence-corrected chi connectivity index (χ0v) is 27.6. The number of carboxylic acid groups (broad SMARTS) is 1. The van der Waals surface area contributed by atoms with Crippen LogP contribution in [0.4, 0.5) is 0 Å². The molecule has 9 heteroatoms. The molecule has 4 aromatic carbocycles. The Kier molecular flexibility index (Phi) is 9.50. The molecule has 0 amide bonds. The Morgan fingerprint density at radius 1 is 0.938 bits per heavy atom. The van der Waals surface area contributed by atoms with Gasteiger partial charge in [-0.25, -0.2) is 14.6 Å². The number of fused-ring (bicyclic) bond motifs is 1. The highest BCUT2D eigenvalue weighted by Gasteiger charge is 2.35. The molecule has 242 valence electrons. The molecular formula is C39H34N2O6S. The first-order chi connectivity index (χ1) is 23.2. The van der Waals surface area contributed by atoms with E-state index in [-0.39, 0.29) is 24.3 Å². The van der Waals surface area contributed by atoms with E-state index in [9.17, 15) is 14.4 Å². The van der Waals surface area contributed by atoms with Gasteiger partial charge in [-0.3, -0.25) is 9.36 Å². The molecule has 2 heterocycles. The number of benzene rings is 4. The minimum atomic E-state index is -0.975. The first-order valence-corrected chi connectivity index (χ1v) is 16.5. The largest absolute Gasteiger partial charge is 0.489 e. The molecular weight excluding hydrogens is 625 g/mol. The molecule has 5 aromatic rings. The Bertz CT molecular complexity index is 2160. The maximum absolute atomic E-state index is 14.2. The van der Waals surface area contributed by atoms with Crippen molar-refractivity contribution >= 4 is 35.0 Å². The van der Waals surface area contributed by atoms with Crippen LogP contribution in [0.25, 0.3) is 11.8 Å². The fraction of sp³-hybridized carbons (Fsp3) is 0.179. The summed E-state index contributed by atoms with van der Waals surface area (Å²) in [5.74, 6) is -0.534. The van der Waals surface area contributed by atoms with E-state index >= 15 is 0 Å². The molecule has 0 aliphatic carbocycles. The lowest BCUT2D eigenvalue weighted by Crippen LogP contribution is -2.40. The number of carbonyl (C=O) groups is 2. The first kappa shape index (κ1) is 32.4. The highest BCUT2D eigenvalue weighted by atomic mass is 32.1. The van der Waals surface area contributed by atoms with Crippen LogP contribution in [0.15, 0.2) is 118 Å². The van der Waals surface area contributed by atoms with Crippen LogP contribution < -0.4 is 19.6 Å². The van der Waals surface area contributed by atoms with Gasteiger partial charge in [-0.2, -0.15) is 0 Å². The highest BCUT2D eigenvalue weighted by Crippen LogP contribution is 2.35. The van der Waals surface area contributed by atoms with Crippen LogP contribution in [0.2, 0.25) is 0 Å². The van der Waals surface area contributed by atoms with Crippen molar-refractivity contribution in [1.82, 2.24) is 4.57 Å². The van der Waals surface area contributed by atoms with Crippen LogP contribution in [0.5, 0.6) is 5.75 Å². The van der Waals surface area contributed by atoms with Gasteiger partial charge in [0.25, 0.3) is 5.56 Å². The molecule has 0 saturated heterocycles. The lowest BCUT2D eigenvalue weighted by molar-refractivity contribution is -0.138. The number of esters is 1. The third-order valence-electron chi connectivity index (χ3n) is 8.08. The number of hydrogen-bond acceptors (Lipinski definition) is 7. The minimum Gasteiger partial charge on any atom is -0.489 e. The quantitative estimate of drug-likeness (QED) is 0.176. The zero-order valence-electron chi connectivity index (χ0n) is 26.8. The molecule has 0 saturated carbocycles. The maximum atomic E-state index is 14.2. The van der Waals surface area contributed by atoms with Crippen molar-refractivity contribution in [3.63, 3.8) is 0 Å². The molecule has 0 spiro atoms. The second-order valence-electron chi connectivity index (χ2n) is 11.6. The topological polar surface area (TPSA) is 107 Å². The summed E-state index contributed by atoms with van der Waals surface area (Å²) < 4.78 is 13.5. The van der Waals surface area contributed by atoms with Gasteiger partial charge >= 0.3 is 11.9 Å². The van der Waals surface area contributed by atoms with Gasteiger partial charge < -0.3 is 14.6 Å². The lowest BCUT2D eigenvalue weighted by atomic mass is 9.91. The maximum Gasteiger partial charge on any atom is 0.338 e. The van der Waals surface area contributed by atoms with Crippen molar-refractivity contribution in [1.29, 1.82) is 0 Å². The number of ether oxygens (including phenoxy) is 2. The lowest BCUT2D eigenvalue weighted by Gasteiger charge is -2.26. The van der Waals surface area contributed by atoms with E-state index in [1.807, 2.05) is 84.9 Å². The van der Waals surface area contributed by atoms with Crippen LogP contribution in [0, 0.1) is 0 Å². The van der Waals surface area contributed by atoms with E-state index in [2.05, 4.69) is 13.8 Å². The monoisotopic (exact) mass is 658 g/mol. The fourth-order valence-electron chi connectivity index (χ4n) is 5.54. The Balaban J connectivity index is 1.39. The van der Waals surface area contributed by atoms with Crippen LogP contribution >= 0.6 is 11.3 Å². The van der Waals surface area contributed by atoms with Crippen LogP contribution in [-0.4, -0.2) is 28.2 Å². The van der Waals surface area contributed by atoms with Gasteiger partial charge in [0.1, 0.15) is 12.4 Å². The molecule has 8 nitrogen and oxygen atoms in total. The summed E-state index contributed by atoms with van der Waals surface area (Å²) in [6.07, 6.45) is 1.81. The summed E-state index contributed by atoms with van der Waals surface area (Å²) in [6.45, 7) is 6.47. The van der Waals surface area contributed by atoms with Crippen LogP contribution in [-0.2, 0) is 16.1 Å². The Morgan fingerprint density at radius 3 is 2.25 bits per heavy atom. The van der Waals surface area contributed by atoms with E-state index in [1.165, 1.54) is 11.3 Å². The van der Waals surface area contributed by atoms with Gasteiger partial charge in [-0.15, -0.1) is 0 Å². The van der Waals surface area contributed by atoms with Gasteiger partial charge in [0, 0.05) is 5.56 Å². The molecule has 1 aromatic heterocycles. The van der Waals surface area contributed by atoms with Gasteiger partial charge in [0.2, 0.25) is 0 Å². The predicted octanol–water partition coefficient (Wildman–Crippen LogP) is 6.34. The van der Waals surface area contributed by atoms with Gasteiger partial charge in [-0.1, -0.05) is 104 Å². The molecule has 0 bridgehead atoms. The van der Waals surface area contributed by atoms with E-state index in [0.29, 0.717) is 32.3 Å². The average Bonchev–Trinajstić information content (AvgIpc) is 3.41. The molecule has 48 heavy (non-hydrogen) atoms. The van der Waals surface area contributed by atoms with Crippen molar-refractivity contribution in [2.45, 2.75) is 39.3 Å². The Labute approximate surface area is 281 Å². The standard InChI is InChI=1S/C39H34N2O6S/c1-4-46-38(45)33-34(28-8-6-5-7-9-28)40-39-41(35(33)29-18-16-27(17-19-29)24(2)3)36(42)32(48-39)22-25-12-20-31(21-13-25)47-23-26-10-14-30(15-11-26)37(43)44/h5-22,24,35H,4,23H2,1-3H3,(H,43,44)/b32-22+/t35-/m0/s1. The molecule has 1 aliphatic rings. The third kappa shape index (κ3) is 6.77. The van der Waals surface area contributed by atoms with Crippen molar-refractivity contribution in [2.75, 3.05) is 6.61 Å². The molecule has 6 rings (SSSR count). The van der Waals surface area contributed by atoms with Gasteiger partial charge in [0.05, 0.1) is 34.0 Å². The molecule has 1 aliphatic heterocycles. The van der Waals surface area contributed by atoms with Crippen molar-refractivity contribution in [3.05, 3.63) is 162 Å². The summed E-state index contributed by atoms with van der Waals surface area (Å²) >= 11 is 1.27. The average molecular weight is 659 g/mol. The van der Waals surface area contributed by atoms with E-state index < -0.39 is 18.0 Å². The SMILES string of the molecule is CCOC(=O)C1=C(c2ccccc2)N=c2s/c(=C/c3ccc(OCc4ccc(C(=O)O)cc4)cc3)c(=O)n2[C@H]1c1ccc(C(C)C)cc1. The number of rotatable bonds is 10. The van der Waals surface area contributed by atoms with E-state index in [4.69, 9.17) is 19.6 Å². The predicted molar refractivity (Wildman–Crippen MR) is 186 cm³/mol. The molecule has 1 N–H and O–H groups in total. The van der Waals surface area contributed by atoms with Gasteiger partial charge in [-0.05, 0) is 65.4 Å². The van der Waals surface area contributed by atoms with E-state index in [0.717, 1.165) is 27.8 Å². The smallest absolute Gasteiger partial charge is 0.338 e. The number of aromatic nitrogens is 1. The highest BCUT2D eigenvalue weighted by molar-refractivity contribution is 7.07. The number of nitrogens with zero attached hydrogens (tertiary/aromatic N) is 2. The third-order valence-corrected chi connectivity index (χ3v) is 9.06. The number of hydrogen-bond donors (Lipinski definition) is 1. The summed E-state index contributed by atoms with van der Waals surface area (Å²) in [5.41, 5.74) is 5.11. The normalized spacial score (nSPS) is 14.4. The van der Waals surface area contributed by atoms with E-state index in [1.54, 1.807) is 35.8 Å². The molecule has 0 unspecified atom stereocenters. The molecule has 0 radical (unpaired) electrons. The second-order valence-corrected chi connectivity index (χ2v) is 12.6.